The summed E-state index contributed by atoms with van der Waals surface area (Å²) in [6.45, 7) is 5.73. The van der Waals surface area contributed by atoms with Gasteiger partial charge in [-0.3, -0.25) is 4.98 Å². The van der Waals surface area contributed by atoms with Crippen LogP contribution >= 0.6 is 0 Å². The number of phenols is 1. The Labute approximate surface area is 178 Å². The molecule has 0 unspecified atom stereocenters. The van der Waals surface area contributed by atoms with Gasteiger partial charge in [-0.2, -0.15) is 0 Å². The van der Waals surface area contributed by atoms with Crippen molar-refractivity contribution in [3.63, 3.8) is 0 Å². The Kier molecular flexibility index (Phi) is 4.18. The van der Waals surface area contributed by atoms with Crippen molar-refractivity contribution in [2.24, 2.45) is 11.8 Å². The summed E-state index contributed by atoms with van der Waals surface area (Å²) in [5.74, 6) is 1.89. The van der Waals surface area contributed by atoms with E-state index in [-0.39, 0.29) is 5.41 Å². The number of fused-ring (bicyclic) bond motifs is 3. The van der Waals surface area contributed by atoms with E-state index < -0.39 is 0 Å². The Morgan fingerprint density at radius 2 is 2.03 bits per heavy atom. The van der Waals surface area contributed by atoms with Crippen LogP contribution in [0.5, 0.6) is 5.75 Å². The number of aromatic nitrogens is 1. The summed E-state index contributed by atoms with van der Waals surface area (Å²) >= 11 is 0. The zero-order valence-corrected chi connectivity index (χ0v) is 17.8. The third-order valence-corrected chi connectivity index (χ3v) is 7.86. The topological polar surface area (TPSA) is 36.4 Å². The number of likely N-dealkylation sites (tertiary alicyclic amines) is 1. The molecule has 3 heteroatoms. The van der Waals surface area contributed by atoms with Gasteiger partial charge in [0.1, 0.15) is 5.75 Å². The highest BCUT2D eigenvalue weighted by molar-refractivity contribution is 5.80. The summed E-state index contributed by atoms with van der Waals surface area (Å²) in [7, 11) is 0. The van der Waals surface area contributed by atoms with Gasteiger partial charge in [0.2, 0.25) is 0 Å². The van der Waals surface area contributed by atoms with Crippen LogP contribution in [0.2, 0.25) is 0 Å². The Morgan fingerprint density at radius 1 is 1.13 bits per heavy atom. The summed E-state index contributed by atoms with van der Waals surface area (Å²) < 4.78 is 0. The lowest BCUT2D eigenvalue weighted by Gasteiger charge is -2.51. The molecule has 1 aromatic heterocycles. The van der Waals surface area contributed by atoms with Gasteiger partial charge in [-0.15, -0.1) is 0 Å². The molecule has 1 saturated heterocycles. The fourth-order valence-corrected chi connectivity index (χ4v) is 6.02. The lowest BCUT2D eigenvalue weighted by Crippen LogP contribution is -2.54. The molecule has 0 bridgehead atoms. The number of benzene rings is 2. The smallest absolute Gasteiger partial charge is 0.115 e. The molecule has 154 valence electrons. The van der Waals surface area contributed by atoms with Crippen molar-refractivity contribution >= 4 is 10.9 Å². The highest BCUT2D eigenvalue weighted by Gasteiger charge is 2.48. The molecule has 3 nitrogen and oxygen atoms in total. The van der Waals surface area contributed by atoms with Crippen molar-refractivity contribution in [2.75, 3.05) is 19.6 Å². The average molecular weight is 399 g/mol. The molecule has 2 heterocycles. The third kappa shape index (κ3) is 3.11. The van der Waals surface area contributed by atoms with E-state index >= 15 is 0 Å². The average Bonchev–Trinajstić information content (AvgIpc) is 3.55. The molecule has 2 atom stereocenters. The van der Waals surface area contributed by atoms with Crippen LogP contribution in [0.3, 0.4) is 0 Å². The van der Waals surface area contributed by atoms with E-state index in [0.29, 0.717) is 11.7 Å². The van der Waals surface area contributed by atoms with Gasteiger partial charge < -0.3 is 10.0 Å². The van der Waals surface area contributed by atoms with Gasteiger partial charge in [-0.05, 0) is 91.9 Å². The third-order valence-electron chi connectivity index (χ3n) is 7.86. The Bertz CT molecular complexity index is 1120. The van der Waals surface area contributed by atoms with Crippen LogP contribution in [-0.2, 0) is 18.3 Å². The molecular weight excluding hydrogens is 368 g/mol. The monoisotopic (exact) mass is 398 g/mol. The minimum Gasteiger partial charge on any atom is -0.508 e. The number of aromatic hydroxyl groups is 1. The number of rotatable bonds is 3. The first-order valence-corrected chi connectivity index (χ1v) is 11.5. The number of hydrogen-bond donors (Lipinski definition) is 1. The van der Waals surface area contributed by atoms with Gasteiger partial charge in [0.05, 0.1) is 5.52 Å². The predicted octanol–water partition coefficient (Wildman–Crippen LogP) is 5.02. The number of phenolic OH excluding ortho intramolecular Hbond substituents is 1. The fourth-order valence-electron chi connectivity index (χ4n) is 6.02. The van der Waals surface area contributed by atoms with Gasteiger partial charge in [-0.1, -0.05) is 24.3 Å². The van der Waals surface area contributed by atoms with Gasteiger partial charge in [0.15, 0.2) is 0 Å². The first-order valence-electron chi connectivity index (χ1n) is 11.5. The van der Waals surface area contributed by atoms with Crippen molar-refractivity contribution in [1.82, 2.24) is 9.88 Å². The Morgan fingerprint density at radius 3 is 2.87 bits per heavy atom. The number of aryl methyl sites for hydroxylation is 1. The van der Waals surface area contributed by atoms with Gasteiger partial charge in [0.25, 0.3) is 0 Å². The standard InChI is InChI=1S/C27H30N2O/c1-18-5-8-20-12-21-13-23-17-29(16-19-6-7-19)10-9-27(23,15-26(21)28-25(20)11-18)22-3-2-4-24(30)14-22/h2-5,8,11-12,14,19,23,30H,6-7,9-10,13,15-17H2,1H3/t23-,27-/m0/s1. The second kappa shape index (κ2) is 6.81. The molecule has 1 aliphatic heterocycles. The fraction of sp³-hybridized carbons (Fsp3) is 0.444. The number of pyridine rings is 1. The molecule has 1 saturated carbocycles. The second-order valence-corrected chi connectivity index (χ2v) is 10.0. The highest BCUT2D eigenvalue weighted by Crippen LogP contribution is 2.49. The summed E-state index contributed by atoms with van der Waals surface area (Å²) in [6.07, 6.45) is 6.05. The maximum Gasteiger partial charge on any atom is 0.115 e. The largest absolute Gasteiger partial charge is 0.508 e. The first kappa shape index (κ1) is 18.4. The van der Waals surface area contributed by atoms with E-state index in [2.05, 4.69) is 42.2 Å². The van der Waals surface area contributed by atoms with Crippen LogP contribution < -0.4 is 0 Å². The van der Waals surface area contributed by atoms with Crippen LogP contribution in [-0.4, -0.2) is 34.6 Å². The Hall–Kier alpha value is -2.39. The van der Waals surface area contributed by atoms with E-state index in [1.54, 1.807) is 6.07 Å². The lowest BCUT2D eigenvalue weighted by atomic mass is 9.58. The minimum absolute atomic E-state index is 0.0797. The molecule has 0 radical (unpaired) electrons. The molecule has 2 aliphatic carbocycles. The normalized spacial score (nSPS) is 26.4. The highest BCUT2D eigenvalue weighted by atomic mass is 16.3. The van der Waals surface area contributed by atoms with Crippen molar-refractivity contribution in [3.8, 4) is 5.75 Å². The Balaban J connectivity index is 1.44. The molecular formula is C27H30N2O. The maximum atomic E-state index is 10.3. The van der Waals surface area contributed by atoms with E-state index in [9.17, 15) is 5.11 Å². The predicted molar refractivity (Wildman–Crippen MR) is 121 cm³/mol. The second-order valence-electron chi connectivity index (χ2n) is 10.0. The number of piperidine rings is 1. The van der Waals surface area contributed by atoms with Crippen LogP contribution in [0.1, 0.15) is 41.6 Å². The van der Waals surface area contributed by atoms with Crippen LogP contribution in [0.25, 0.3) is 10.9 Å². The summed E-state index contributed by atoms with van der Waals surface area (Å²) in [5, 5.41) is 11.5. The minimum atomic E-state index is 0.0797. The number of nitrogens with zero attached hydrogens (tertiary/aromatic N) is 2. The van der Waals surface area contributed by atoms with Gasteiger partial charge >= 0.3 is 0 Å². The van der Waals surface area contributed by atoms with E-state index in [1.807, 2.05) is 12.1 Å². The molecule has 1 N–H and O–H groups in total. The van der Waals surface area contributed by atoms with Crippen molar-refractivity contribution in [3.05, 3.63) is 70.9 Å². The zero-order chi connectivity index (χ0) is 20.3. The van der Waals surface area contributed by atoms with Crippen molar-refractivity contribution in [2.45, 2.75) is 44.4 Å². The molecule has 0 spiro atoms. The lowest BCUT2D eigenvalue weighted by molar-refractivity contribution is 0.0777. The van der Waals surface area contributed by atoms with Crippen LogP contribution in [0.15, 0.2) is 48.5 Å². The van der Waals surface area contributed by atoms with E-state index in [4.69, 9.17) is 4.98 Å². The summed E-state index contributed by atoms with van der Waals surface area (Å²) in [4.78, 5) is 7.88. The van der Waals surface area contributed by atoms with Gasteiger partial charge in [0, 0.05) is 36.0 Å². The van der Waals surface area contributed by atoms with E-state index in [0.717, 1.165) is 43.8 Å². The van der Waals surface area contributed by atoms with Gasteiger partial charge in [-0.25, -0.2) is 0 Å². The van der Waals surface area contributed by atoms with Crippen molar-refractivity contribution < 1.29 is 5.11 Å². The maximum absolute atomic E-state index is 10.3. The number of hydrogen-bond acceptors (Lipinski definition) is 3. The molecule has 3 aromatic rings. The van der Waals surface area contributed by atoms with Crippen LogP contribution in [0.4, 0.5) is 0 Å². The molecule has 6 rings (SSSR count). The SMILES string of the molecule is Cc1ccc2cc3c(nc2c1)C[C@]1(c2cccc(O)c2)CCN(CC2CC2)C[C@@H]1C3. The summed E-state index contributed by atoms with van der Waals surface area (Å²) in [6, 6.07) is 17.1. The van der Waals surface area contributed by atoms with Crippen LogP contribution in [0, 0.1) is 18.8 Å². The molecule has 2 fully saturated rings. The van der Waals surface area contributed by atoms with E-state index in [1.165, 1.54) is 47.2 Å². The molecule has 2 aromatic carbocycles. The molecule has 30 heavy (non-hydrogen) atoms. The molecule has 0 amide bonds. The quantitative estimate of drug-likeness (QED) is 0.673. The first-order chi connectivity index (χ1) is 14.6. The molecule has 3 aliphatic rings. The van der Waals surface area contributed by atoms with Crippen molar-refractivity contribution in [1.29, 1.82) is 0 Å². The summed E-state index contributed by atoms with van der Waals surface area (Å²) in [5.41, 5.74) is 6.46. The zero-order valence-electron chi connectivity index (χ0n) is 17.8.